The summed E-state index contributed by atoms with van der Waals surface area (Å²) in [4.78, 5) is 16.4. The number of benzene rings is 1. The van der Waals surface area contributed by atoms with Crippen LogP contribution in [-0.2, 0) is 6.42 Å². The van der Waals surface area contributed by atoms with E-state index in [1.165, 1.54) is 6.42 Å². The standard InChI is InChI=1S/C15H17ClN2O.C3H8.C2H6/c1-9(2)8-10-4-5-11-12(15(19)17-3)6-7-13(16)14(11)18-10;1-3-2;1-2/h4-7,9H,8H2,1-3H3,(H,17,19);3H2,1-2H3;1-2H3. The minimum Gasteiger partial charge on any atom is -0.355 e. The molecule has 0 aliphatic carbocycles. The Bertz CT molecular complexity index is 639. The van der Waals surface area contributed by atoms with Crippen LogP contribution in [0.4, 0.5) is 0 Å². The van der Waals surface area contributed by atoms with Gasteiger partial charge < -0.3 is 5.32 Å². The van der Waals surface area contributed by atoms with Gasteiger partial charge >= 0.3 is 0 Å². The first kappa shape index (κ1) is 22.4. The minimum atomic E-state index is -0.125. The molecule has 0 fully saturated rings. The topological polar surface area (TPSA) is 42.0 Å². The van der Waals surface area contributed by atoms with E-state index in [-0.39, 0.29) is 5.91 Å². The average Bonchev–Trinajstić information content (AvgIpc) is 2.57. The van der Waals surface area contributed by atoms with E-state index in [0.29, 0.717) is 22.0 Å². The van der Waals surface area contributed by atoms with Gasteiger partial charge in [0, 0.05) is 23.7 Å². The van der Waals surface area contributed by atoms with Crippen molar-refractivity contribution in [3.63, 3.8) is 0 Å². The molecular weight excluding hydrogens is 320 g/mol. The van der Waals surface area contributed by atoms with Crippen LogP contribution in [0.3, 0.4) is 0 Å². The van der Waals surface area contributed by atoms with Crippen molar-refractivity contribution in [2.24, 2.45) is 5.92 Å². The van der Waals surface area contributed by atoms with Crippen molar-refractivity contribution < 1.29 is 4.79 Å². The molecule has 0 atom stereocenters. The third kappa shape index (κ3) is 6.48. The number of hydrogen-bond acceptors (Lipinski definition) is 2. The van der Waals surface area contributed by atoms with Gasteiger partial charge in [0.2, 0.25) is 0 Å². The van der Waals surface area contributed by atoms with Crippen molar-refractivity contribution in [1.29, 1.82) is 0 Å². The van der Waals surface area contributed by atoms with E-state index in [1.807, 2.05) is 26.0 Å². The van der Waals surface area contributed by atoms with Crippen molar-refractivity contribution in [3.8, 4) is 0 Å². The first-order valence-corrected chi connectivity index (χ1v) is 9.12. The summed E-state index contributed by atoms with van der Waals surface area (Å²) in [6.45, 7) is 12.5. The zero-order chi connectivity index (χ0) is 18.7. The maximum Gasteiger partial charge on any atom is 0.251 e. The summed E-state index contributed by atoms with van der Waals surface area (Å²) in [5, 5.41) is 4.00. The van der Waals surface area contributed by atoms with Crippen molar-refractivity contribution in [1.82, 2.24) is 10.3 Å². The number of halogens is 1. The van der Waals surface area contributed by atoms with Gasteiger partial charge in [-0.1, -0.05) is 65.6 Å². The van der Waals surface area contributed by atoms with Gasteiger partial charge in [-0.15, -0.1) is 0 Å². The van der Waals surface area contributed by atoms with Gasteiger partial charge in [-0.05, 0) is 30.5 Å². The molecular formula is C20H31ClN2O. The van der Waals surface area contributed by atoms with Crippen LogP contribution in [-0.4, -0.2) is 17.9 Å². The Hall–Kier alpha value is -1.61. The van der Waals surface area contributed by atoms with E-state index < -0.39 is 0 Å². The highest BCUT2D eigenvalue weighted by molar-refractivity contribution is 6.35. The molecule has 0 radical (unpaired) electrons. The molecule has 0 aliphatic heterocycles. The van der Waals surface area contributed by atoms with Crippen molar-refractivity contribution in [2.45, 2.75) is 54.4 Å². The number of pyridine rings is 1. The molecule has 134 valence electrons. The smallest absolute Gasteiger partial charge is 0.251 e. The van der Waals surface area contributed by atoms with Crippen LogP contribution < -0.4 is 5.32 Å². The highest BCUT2D eigenvalue weighted by Gasteiger charge is 2.12. The molecule has 2 aromatic rings. The van der Waals surface area contributed by atoms with E-state index in [2.05, 4.69) is 38.0 Å². The zero-order valence-corrected chi connectivity index (χ0v) is 16.8. The molecule has 0 unspecified atom stereocenters. The number of carbonyl (C=O) groups excluding carboxylic acids is 1. The number of hydrogen-bond donors (Lipinski definition) is 1. The summed E-state index contributed by atoms with van der Waals surface area (Å²) in [6.07, 6.45) is 2.15. The maximum atomic E-state index is 11.8. The summed E-state index contributed by atoms with van der Waals surface area (Å²) in [5.74, 6) is 0.408. The Kier molecular flexibility index (Phi) is 11.1. The number of carbonyl (C=O) groups is 1. The molecule has 1 aromatic heterocycles. The Morgan fingerprint density at radius 1 is 1.17 bits per heavy atom. The van der Waals surface area contributed by atoms with E-state index in [9.17, 15) is 4.79 Å². The Morgan fingerprint density at radius 3 is 2.25 bits per heavy atom. The van der Waals surface area contributed by atoms with Crippen LogP contribution in [0.2, 0.25) is 5.02 Å². The van der Waals surface area contributed by atoms with Crippen LogP contribution >= 0.6 is 11.6 Å². The second-order valence-electron chi connectivity index (χ2n) is 5.68. The highest BCUT2D eigenvalue weighted by atomic mass is 35.5. The van der Waals surface area contributed by atoms with Gasteiger partial charge in [0.15, 0.2) is 0 Å². The zero-order valence-electron chi connectivity index (χ0n) is 16.0. The molecule has 4 heteroatoms. The predicted octanol–water partition coefficient (Wildman–Crippen LogP) is 5.89. The van der Waals surface area contributed by atoms with Crippen molar-refractivity contribution >= 4 is 28.4 Å². The van der Waals surface area contributed by atoms with Gasteiger partial charge in [0.05, 0.1) is 10.5 Å². The molecule has 1 amide bonds. The van der Waals surface area contributed by atoms with E-state index in [4.69, 9.17) is 11.6 Å². The lowest BCUT2D eigenvalue weighted by Gasteiger charge is -2.09. The van der Waals surface area contributed by atoms with Gasteiger partial charge in [-0.3, -0.25) is 9.78 Å². The summed E-state index contributed by atoms with van der Waals surface area (Å²) in [6, 6.07) is 7.34. The fourth-order valence-electron chi connectivity index (χ4n) is 2.09. The predicted molar refractivity (Wildman–Crippen MR) is 106 cm³/mol. The van der Waals surface area contributed by atoms with Crippen LogP contribution in [0.1, 0.15) is 64.0 Å². The molecule has 0 spiro atoms. The number of nitrogens with one attached hydrogen (secondary N) is 1. The first-order valence-electron chi connectivity index (χ1n) is 8.74. The Balaban J connectivity index is 0.000000952. The lowest BCUT2D eigenvalue weighted by atomic mass is 10.0. The second-order valence-corrected chi connectivity index (χ2v) is 6.09. The summed E-state index contributed by atoms with van der Waals surface area (Å²) >= 11 is 6.19. The summed E-state index contributed by atoms with van der Waals surface area (Å²) in [7, 11) is 1.61. The maximum absolute atomic E-state index is 11.8. The highest BCUT2D eigenvalue weighted by Crippen LogP contribution is 2.26. The van der Waals surface area contributed by atoms with Crippen LogP contribution in [0.5, 0.6) is 0 Å². The molecule has 0 bridgehead atoms. The third-order valence-electron chi connectivity index (χ3n) is 2.95. The number of aromatic nitrogens is 1. The van der Waals surface area contributed by atoms with E-state index in [1.54, 1.807) is 19.2 Å². The monoisotopic (exact) mass is 350 g/mol. The first-order chi connectivity index (χ1) is 11.4. The van der Waals surface area contributed by atoms with Gasteiger partial charge in [-0.25, -0.2) is 0 Å². The Morgan fingerprint density at radius 2 is 1.75 bits per heavy atom. The minimum absolute atomic E-state index is 0.125. The van der Waals surface area contributed by atoms with E-state index in [0.717, 1.165) is 17.5 Å². The molecule has 24 heavy (non-hydrogen) atoms. The van der Waals surface area contributed by atoms with Crippen LogP contribution in [0, 0.1) is 5.92 Å². The molecule has 3 nitrogen and oxygen atoms in total. The lowest BCUT2D eigenvalue weighted by Crippen LogP contribution is -2.18. The molecule has 0 aliphatic rings. The molecule has 1 N–H and O–H groups in total. The number of nitrogens with zero attached hydrogens (tertiary/aromatic N) is 1. The number of amides is 1. The number of rotatable bonds is 3. The summed E-state index contributed by atoms with van der Waals surface area (Å²) < 4.78 is 0. The number of fused-ring (bicyclic) bond motifs is 1. The normalized spacial score (nSPS) is 9.71. The van der Waals surface area contributed by atoms with Gasteiger partial charge in [-0.2, -0.15) is 0 Å². The van der Waals surface area contributed by atoms with Crippen molar-refractivity contribution in [2.75, 3.05) is 7.05 Å². The molecule has 0 saturated carbocycles. The molecule has 1 heterocycles. The average molecular weight is 351 g/mol. The van der Waals surface area contributed by atoms with Crippen LogP contribution in [0.15, 0.2) is 24.3 Å². The SMILES string of the molecule is CC.CCC.CNC(=O)c1ccc(Cl)c2nc(CC(C)C)ccc12. The quantitative estimate of drug-likeness (QED) is 0.749. The van der Waals surface area contributed by atoms with Crippen LogP contribution in [0.25, 0.3) is 10.9 Å². The molecule has 2 rings (SSSR count). The fourth-order valence-corrected chi connectivity index (χ4v) is 2.30. The second kappa shape index (κ2) is 11.9. The van der Waals surface area contributed by atoms with E-state index >= 15 is 0 Å². The van der Waals surface area contributed by atoms with Crippen molar-refractivity contribution in [3.05, 3.63) is 40.5 Å². The third-order valence-corrected chi connectivity index (χ3v) is 3.26. The van der Waals surface area contributed by atoms with Gasteiger partial charge in [0.1, 0.15) is 0 Å². The Labute approximate surface area is 151 Å². The lowest BCUT2D eigenvalue weighted by molar-refractivity contribution is 0.0964. The fraction of sp³-hybridized carbons (Fsp3) is 0.500. The van der Waals surface area contributed by atoms with Gasteiger partial charge in [0.25, 0.3) is 5.91 Å². The summed E-state index contributed by atoms with van der Waals surface area (Å²) in [5.41, 5.74) is 2.30. The molecule has 1 aromatic carbocycles. The molecule has 0 saturated heterocycles. The largest absolute Gasteiger partial charge is 0.355 e.